The molecule has 1 rings (SSSR count). The van der Waals surface area contributed by atoms with Crippen LogP contribution in [0.3, 0.4) is 0 Å². The predicted molar refractivity (Wildman–Crippen MR) is 55.1 cm³/mol. The summed E-state index contributed by atoms with van der Waals surface area (Å²) in [4.78, 5) is 10.8. The largest absolute Gasteiger partial charge is 0.357 e. The Morgan fingerprint density at radius 3 is 2.38 bits per heavy atom. The van der Waals surface area contributed by atoms with Crippen LogP contribution >= 0.6 is 0 Å². The van der Waals surface area contributed by atoms with Crippen LogP contribution in [0.4, 0.5) is 5.82 Å². The van der Waals surface area contributed by atoms with Gasteiger partial charge in [-0.3, -0.25) is 0 Å². The van der Waals surface area contributed by atoms with Crippen molar-refractivity contribution in [3.05, 3.63) is 17.6 Å². The third-order valence-electron chi connectivity index (χ3n) is 2.13. The minimum atomic E-state index is 0.840. The van der Waals surface area contributed by atoms with Crippen LogP contribution in [0.2, 0.25) is 0 Å². The van der Waals surface area contributed by atoms with Gasteiger partial charge in [-0.05, 0) is 27.7 Å². The fourth-order valence-electron chi connectivity index (χ4n) is 1.36. The third-order valence-corrected chi connectivity index (χ3v) is 2.13. The standard InChI is InChI=1S/C10H17N3/c1-5-13(6-2)10-8(3)7-11-9(4)12-10/h7H,5-6H2,1-4H3. The summed E-state index contributed by atoms with van der Waals surface area (Å²) in [7, 11) is 0. The monoisotopic (exact) mass is 179 g/mol. The van der Waals surface area contributed by atoms with E-state index in [1.807, 2.05) is 20.0 Å². The van der Waals surface area contributed by atoms with E-state index in [0.717, 1.165) is 30.3 Å². The summed E-state index contributed by atoms with van der Waals surface area (Å²) in [5, 5.41) is 0. The average molecular weight is 179 g/mol. The molecule has 0 aromatic carbocycles. The number of aromatic nitrogens is 2. The van der Waals surface area contributed by atoms with Crippen molar-refractivity contribution in [3.63, 3.8) is 0 Å². The zero-order valence-corrected chi connectivity index (χ0v) is 8.83. The van der Waals surface area contributed by atoms with Crippen molar-refractivity contribution in [2.24, 2.45) is 0 Å². The quantitative estimate of drug-likeness (QED) is 0.710. The Bertz CT molecular complexity index is 279. The highest BCUT2D eigenvalue weighted by Crippen LogP contribution is 2.15. The molecule has 0 N–H and O–H groups in total. The van der Waals surface area contributed by atoms with Gasteiger partial charge in [-0.25, -0.2) is 9.97 Å². The molecule has 0 spiro atoms. The van der Waals surface area contributed by atoms with Gasteiger partial charge in [0.25, 0.3) is 0 Å². The summed E-state index contributed by atoms with van der Waals surface area (Å²) >= 11 is 0. The van der Waals surface area contributed by atoms with E-state index in [1.54, 1.807) is 0 Å². The molecule has 0 fully saturated rings. The van der Waals surface area contributed by atoms with Crippen LogP contribution in [0.15, 0.2) is 6.20 Å². The highest BCUT2D eigenvalue weighted by atomic mass is 15.2. The van der Waals surface area contributed by atoms with Gasteiger partial charge in [-0.2, -0.15) is 0 Å². The summed E-state index contributed by atoms with van der Waals surface area (Å²) in [5.74, 6) is 1.91. The van der Waals surface area contributed by atoms with Crippen molar-refractivity contribution in [2.75, 3.05) is 18.0 Å². The molecule has 1 aromatic rings. The zero-order valence-electron chi connectivity index (χ0n) is 8.83. The summed E-state index contributed by atoms with van der Waals surface area (Å²) in [6.45, 7) is 10.2. The minimum absolute atomic E-state index is 0.840. The molecule has 0 unspecified atom stereocenters. The second-order valence-corrected chi connectivity index (χ2v) is 3.10. The van der Waals surface area contributed by atoms with Crippen LogP contribution < -0.4 is 4.90 Å². The van der Waals surface area contributed by atoms with Gasteiger partial charge < -0.3 is 4.90 Å². The van der Waals surface area contributed by atoms with Crippen LogP contribution in [-0.2, 0) is 0 Å². The van der Waals surface area contributed by atoms with E-state index in [9.17, 15) is 0 Å². The lowest BCUT2D eigenvalue weighted by Crippen LogP contribution is -2.24. The van der Waals surface area contributed by atoms with E-state index in [0.29, 0.717) is 0 Å². The van der Waals surface area contributed by atoms with Gasteiger partial charge in [-0.1, -0.05) is 0 Å². The van der Waals surface area contributed by atoms with Gasteiger partial charge in [0, 0.05) is 24.8 Å². The highest BCUT2D eigenvalue weighted by molar-refractivity contribution is 5.44. The summed E-state index contributed by atoms with van der Waals surface area (Å²) in [6.07, 6.45) is 1.88. The van der Waals surface area contributed by atoms with Crippen molar-refractivity contribution in [1.82, 2.24) is 9.97 Å². The molecule has 0 amide bonds. The van der Waals surface area contributed by atoms with Crippen LogP contribution in [0.1, 0.15) is 25.2 Å². The molecule has 0 saturated heterocycles. The van der Waals surface area contributed by atoms with Crippen LogP contribution in [0.25, 0.3) is 0 Å². The Kier molecular flexibility index (Phi) is 3.23. The van der Waals surface area contributed by atoms with E-state index in [4.69, 9.17) is 0 Å². The molecular weight excluding hydrogens is 162 g/mol. The molecule has 0 bridgehead atoms. The fourth-order valence-corrected chi connectivity index (χ4v) is 1.36. The maximum atomic E-state index is 4.43. The normalized spacial score (nSPS) is 10.2. The smallest absolute Gasteiger partial charge is 0.135 e. The van der Waals surface area contributed by atoms with Crippen molar-refractivity contribution in [1.29, 1.82) is 0 Å². The first-order chi connectivity index (χ1) is 6.19. The van der Waals surface area contributed by atoms with Crippen molar-refractivity contribution < 1.29 is 0 Å². The molecule has 0 aliphatic carbocycles. The number of hydrogen-bond acceptors (Lipinski definition) is 3. The topological polar surface area (TPSA) is 29.0 Å². The number of aryl methyl sites for hydroxylation is 2. The van der Waals surface area contributed by atoms with Gasteiger partial charge in [0.1, 0.15) is 11.6 Å². The predicted octanol–water partition coefficient (Wildman–Crippen LogP) is 1.94. The number of rotatable bonds is 3. The second-order valence-electron chi connectivity index (χ2n) is 3.10. The molecule has 0 saturated carbocycles. The maximum Gasteiger partial charge on any atom is 0.135 e. The van der Waals surface area contributed by atoms with Gasteiger partial charge in [0.15, 0.2) is 0 Å². The van der Waals surface area contributed by atoms with Crippen molar-refractivity contribution in [3.8, 4) is 0 Å². The molecule has 1 aromatic heterocycles. The first-order valence-electron chi connectivity index (χ1n) is 4.74. The van der Waals surface area contributed by atoms with Crippen molar-refractivity contribution in [2.45, 2.75) is 27.7 Å². The SMILES string of the molecule is CCN(CC)c1nc(C)ncc1C. The zero-order chi connectivity index (χ0) is 9.84. The minimum Gasteiger partial charge on any atom is -0.357 e. The van der Waals surface area contributed by atoms with Crippen LogP contribution in [0.5, 0.6) is 0 Å². The Labute approximate surface area is 79.8 Å². The van der Waals surface area contributed by atoms with Gasteiger partial charge in [0.05, 0.1) is 0 Å². The lowest BCUT2D eigenvalue weighted by atomic mass is 10.3. The molecule has 13 heavy (non-hydrogen) atoms. The number of hydrogen-bond donors (Lipinski definition) is 0. The van der Waals surface area contributed by atoms with E-state index in [2.05, 4.69) is 28.7 Å². The third kappa shape index (κ3) is 2.17. The first kappa shape index (κ1) is 9.96. The number of nitrogens with zero attached hydrogens (tertiary/aromatic N) is 3. The second kappa shape index (κ2) is 4.21. The van der Waals surface area contributed by atoms with E-state index in [-0.39, 0.29) is 0 Å². The lowest BCUT2D eigenvalue weighted by Gasteiger charge is -2.21. The average Bonchev–Trinajstić information content (AvgIpc) is 2.13. The molecule has 0 aliphatic rings. The van der Waals surface area contributed by atoms with E-state index < -0.39 is 0 Å². The Morgan fingerprint density at radius 2 is 1.85 bits per heavy atom. The Morgan fingerprint density at radius 1 is 1.23 bits per heavy atom. The Balaban J connectivity index is 3.03. The molecule has 3 heteroatoms. The van der Waals surface area contributed by atoms with E-state index in [1.165, 1.54) is 0 Å². The molecule has 0 radical (unpaired) electrons. The molecule has 0 aliphatic heterocycles. The molecule has 1 heterocycles. The van der Waals surface area contributed by atoms with E-state index >= 15 is 0 Å². The number of anilines is 1. The summed E-state index contributed by atoms with van der Waals surface area (Å²) in [6, 6.07) is 0. The lowest BCUT2D eigenvalue weighted by molar-refractivity contribution is 0.827. The van der Waals surface area contributed by atoms with Gasteiger partial charge >= 0.3 is 0 Å². The fraction of sp³-hybridized carbons (Fsp3) is 0.600. The molecule has 0 atom stereocenters. The Hall–Kier alpha value is -1.12. The van der Waals surface area contributed by atoms with Gasteiger partial charge in [-0.15, -0.1) is 0 Å². The van der Waals surface area contributed by atoms with Crippen LogP contribution in [-0.4, -0.2) is 23.1 Å². The first-order valence-corrected chi connectivity index (χ1v) is 4.74. The maximum absolute atomic E-state index is 4.43. The van der Waals surface area contributed by atoms with Gasteiger partial charge in [0.2, 0.25) is 0 Å². The highest BCUT2D eigenvalue weighted by Gasteiger charge is 2.07. The molecule has 3 nitrogen and oxygen atoms in total. The van der Waals surface area contributed by atoms with Crippen molar-refractivity contribution >= 4 is 5.82 Å². The molecular formula is C10H17N3. The van der Waals surface area contributed by atoms with Crippen LogP contribution in [0, 0.1) is 13.8 Å². The molecule has 72 valence electrons. The summed E-state index contributed by atoms with van der Waals surface area (Å²) in [5.41, 5.74) is 1.15. The summed E-state index contributed by atoms with van der Waals surface area (Å²) < 4.78 is 0.